The van der Waals surface area contributed by atoms with Crippen molar-refractivity contribution >= 4 is 22.9 Å². The van der Waals surface area contributed by atoms with Crippen LogP contribution in [0.5, 0.6) is 0 Å². The van der Waals surface area contributed by atoms with Crippen LogP contribution in [0, 0.1) is 0 Å². The van der Waals surface area contributed by atoms with Gasteiger partial charge in [-0.05, 0) is 25.9 Å². The van der Waals surface area contributed by atoms with Crippen molar-refractivity contribution in [1.29, 1.82) is 0 Å². The zero-order valence-electron chi connectivity index (χ0n) is 16.0. The molecule has 2 heterocycles. The number of hydrogen-bond donors (Lipinski definition) is 2. The highest BCUT2D eigenvalue weighted by atomic mass is 15.2. The molecule has 0 unspecified atom stereocenters. The maximum absolute atomic E-state index is 5.89. The van der Waals surface area contributed by atoms with Gasteiger partial charge in [0, 0.05) is 13.1 Å². The summed E-state index contributed by atoms with van der Waals surface area (Å²) in [6, 6.07) is 0. The van der Waals surface area contributed by atoms with Gasteiger partial charge in [0.15, 0.2) is 17.0 Å². The highest BCUT2D eigenvalue weighted by molar-refractivity contribution is 5.83. The second kappa shape index (κ2) is 9.46. The number of nitrogens with zero attached hydrogens (tertiary/aromatic N) is 5. The number of aryl methyl sites for hydroxylation is 2. The summed E-state index contributed by atoms with van der Waals surface area (Å²) in [6.45, 7) is 12.4. The minimum atomic E-state index is 0.234. The molecule has 0 radical (unpaired) electrons. The van der Waals surface area contributed by atoms with Gasteiger partial charge in [0.2, 0.25) is 5.95 Å². The molecule has 7 nitrogen and oxygen atoms in total. The van der Waals surface area contributed by atoms with Gasteiger partial charge in [0.1, 0.15) is 0 Å². The van der Waals surface area contributed by atoms with Gasteiger partial charge in [-0.3, -0.25) is 0 Å². The Morgan fingerprint density at radius 2 is 1.52 bits per heavy atom. The SMILES string of the molecule is CCCc1nc2nc(N)nc(NCCN(CC)CC)c2nc1CCC. The summed E-state index contributed by atoms with van der Waals surface area (Å²) in [5.41, 5.74) is 9.28. The topological polar surface area (TPSA) is 92.8 Å². The highest BCUT2D eigenvalue weighted by Crippen LogP contribution is 2.21. The molecule has 2 aromatic rings. The molecule has 0 aliphatic carbocycles. The molecule has 138 valence electrons. The Hall–Kier alpha value is -2.02. The molecule has 25 heavy (non-hydrogen) atoms. The summed E-state index contributed by atoms with van der Waals surface area (Å²) in [4.78, 5) is 20.6. The third kappa shape index (κ3) is 4.98. The largest absolute Gasteiger partial charge is 0.368 e. The molecule has 0 amide bonds. The van der Waals surface area contributed by atoms with Crippen LogP contribution in [0.25, 0.3) is 11.2 Å². The van der Waals surface area contributed by atoms with Crippen molar-refractivity contribution in [2.45, 2.75) is 53.4 Å². The van der Waals surface area contributed by atoms with Gasteiger partial charge in [0.25, 0.3) is 0 Å². The molecule has 0 fully saturated rings. The van der Waals surface area contributed by atoms with Gasteiger partial charge >= 0.3 is 0 Å². The van der Waals surface area contributed by atoms with Gasteiger partial charge in [-0.15, -0.1) is 0 Å². The number of likely N-dealkylation sites (N-methyl/N-ethyl adjacent to an activating group) is 1. The normalized spacial score (nSPS) is 11.4. The van der Waals surface area contributed by atoms with Crippen LogP contribution in [0.3, 0.4) is 0 Å². The Kier molecular flexibility index (Phi) is 7.31. The Balaban J connectivity index is 2.33. The molecule has 0 spiro atoms. The van der Waals surface area contributed by atoms with E-state index in [0.717, 1.165) is 68.8 Å². The van der Waals surface area contributed by atoms with Crippen LogP contribution in [-0.4, -0.2) is 51.0 Å². The first-order valence-corrected chi connectivity index (χ1v) is 9.42. The van der Waals surface area contributed by atoms with Crippen molar-refractivity contribution in [1.82, 2.24) is 24.8 Å². The molecule has 3 N–H and O–H groups in total. The molecule has 0 saturated heterocycles. The molecular formula is C18H31N7. The van der Waals surface area contributed by atoms with E-state index in [2.05, 4.69) is 47.9 Å². The average molecular weight is 345 g/mol. The van der Waals surface area contributed by atoms with Crippen molar-refractivity contribution < 1.29 is 0 Å². The molecule has 0 aliphatic heterocycles. The zero-order valence-corrected chi connectivity index (χ0v) is 16.0. The summed E-state index contributed by atoms with van der Waals surface area (Å²) >= 11 is 0. The van der Waals surface area contributed by atoms with Crippen LogP contribution in [0.1, 0.15) is 51.9 Å². The second-order valence-electron chi connectivity index (χ2n) is 6.17. The van der Waals surface area contributed by atoms with Crippen LogP contribution < -0.4 is 11.1 Å². The Bertz CT molecular complexity index is 683. The first-order chi connectivity index (χ1) is 12.1. The molecule has 7 heteroatoms. The standard InChI is InChI=1S/C18H31N7/c1-5-9-13-14(10-6-2)22-17-15(21-13)16(23-18(19)24-17)20-11-12-25(7-3)8-4/h5-12H2,1-4H3,(H3,19,20,22,23,24). The van der Waals surface area contributed by atoms with E-state index in [1.165, 1.54) is 0 Å². The van der Waals surface area contributed by atoms with E-state index in [9.17, 15) is 0 Å². The van der Waals surface area contributed by atoms with Crippen LogP contribution in [-0.2, 0) is 12.8 Å². The minimum Gasteiger partial charge on any atom is -0.368 e. The summed E-state index contributed by atoms with van der Waals surface area (Å²) in [7, 11) is 0. The van der Waals surface area contributed by atoms with Crippen molar-refractivity contribution in [2.75, 3.05) is 37.2 Å². The fraction of sp³-hybridized carbons (Fsp3) is 0.667. The van der Waals surface area contributed by atoms with E-state index in [0.29, 0.717) is 11.5 Å². The molecule has 0 atom stereocenters. The van der Waals surface area contributed by atoms with Crippen molar-refractivity contribution in [3.8, 4) is 0 Å². The zero-order chi connectivity index (χ0) is 18.2. The monoisotopic (exact) mass is 345 g/mol. The lowest BCUT2D eigenvalue weighted by atomic mass is 10.1. The lowest BCUT2D eigenvalue weighted by Crippen LogP contribution is -2.29. The third-order valence-corrected chi connectivity index (χ3v) is 4.29. The van der Waals surface area contributed by atoms with E-state index >= 15 is 0 Å². The van der Waals surface area contributed by atoms with Gasteiger partial charge in [0.05, 0.1) is 11.4 Å². The molecular weight excluding hydrogens is 314 g/mol. The summed E-state index contributed by atoms with van der Waals surface area (Å²) < 4.78 is 0. The smallest absolute Gasteiger partial charge is 0.224 e. The summed E-state index contributed by atoms with van der Waals surface area (Å²) in [6.07, 6.45) is 3.90. The van der Waals surface area contributed by atoms with Crippen molar-refractivity contribution in [3.05, 3.63) is 11.4 Å². The minimum absolute atomic E-state index is 0.234. The number of anilines is 2. The van der Waals surface area contributed by atoms with E-state index in [4.69, 9.17) is 15.7 Å². The Morgan fingerprint density at radius 3 is 2.12 bits per heavy atom. The molecule has 0 aromatic carbocycles. The number of fused-ring (bicyclic) bond motifs is 1. The van der Waals surface area contributed by atoms with E-state index < -0.39 is 0 Å². The number of aromatic nitrogens is 4. The summed E-state index contributed by atoms with van der Waals surface area (Å²) in [5, 5.41) is 3.37. The number of nitrogens with one attached hydrogen (secondary N) is 1. The third-order valence-electron chi connectivity index (χ3n) is 4.29. The maximum Gasteiger partial charge on any atom is 0.224 e. The van der Waals surface area contributed by atoms with E-state index in [1.807, 2.05) is 0 Å². The highest BCUT2D eigenvalue weighted by Gasteiger charge is 2.14. The van der Waals surface area contributed by atoms with Crippen LogP contribution >= 0.6 is 0 Å². The molecule has 2 rings (SSSR count). The van der Waals surface area contributed by atoms with Crippen LogP contribution in [0.15, 0.2) is 0 Å². The summed E-state index contributed by atoms with van der Waals surface area (Å²) in [5.74, 6) is 0.917. The molecule has 2 aromatic heterocycles. The first kappa shape index (κ1) is 19.3. The first-order valence-electron chi connectivity index (χ1n) is 9.42. The lowest BCUT2D eigenvalue weighted by Gasteiger charge is -2.18. The lowest BCUT2D eigenvalue weighted by molar-refractivity contribution is 0.316. The number of nitrogen functional groups attached to an aromatic ring is 1. The second-order valence-corrected chi connectivity index (χ2v) is 6.17. The van der Waals surface area contributed by atoms with Gasteiger partial charge in [-0.1, -0.05) is 40.5 Å². The quantitative estimate of drug-likeness (QED) is 0.684. The number of hydrogen-bond acceptors (Lipinski definition) is 7. The van der Waals surface area contributed by atoms with Crippen LogP contribution in [0.4, 0.5) is 11.8 Å². The fourth-order valence-corrected chi connectivity index (χ4v) is 2.90. The Labute approximate surface area is 150 Å². The van der Waals surface area contributed by atoms with Crippen molar-refractivity contribution in [3.63, 3.8) is 0 Å². The maximum atomic E-state index is 5.89. The Morgan fingerprint density at radius 1 is 0.880 bits per heavy atom. The molecule has 0 aliphatic rings. The predicted molar refractivity (Wildman–Crippen MR) is 104 cm³/mol. The van der Waals surface area contributed by atoms with Crippen LogP contribution in [0.2, 0.25) is 0 Å². The van der Waals surface area contributed by atoms with Gasteiger partial charge in [-0.25, -0.2) is 9.97 Å². The van der Waals surface area contributed by atoms with E-state index in [1.54, 1.807) is 0 Å². The molecule has 0 saturated carbocycles. The average Bonchev–Trinajstić information content (AvgIpc) is 2.60. The van der Waals surface area contributed by atoms with Gasteiger partial charge in [-0.2, -0.15) is 9.97 Å². The number of rotatable bonds is 10. The molecule has 0 bridgehead atoms. The van der Waals surface area contributed by atoms with E-state index in [-0.39, 0.29) is 5.95 Å². The van der Waals surface area contributed by atoms with Crippen molar-refractivity contribution in [2.24, 2.45) is 0 Å². The number of nitrogens with two attached hydrogens (primary N) is 1. The predicted octanol–water partition coefficient (Wildman–Crippen LogP) is 2.66. The fourth-order valence-electron chi connectivity index (χ4n) is 2.90. The van der Waals surface area contributed by atoms with Gasteiger partial charge < -0.3 is 16.0 Å².